The van der Waals surface area contributed by atoms with Crippen molar-refractivity contribution in [2.75, 3.05) is 6.54 Å². The summed E-state index contributed by atoms with van der Waals surface area (Å²) in [4.78, 5) is 2.51. The predicted octanol–water partition coefficient (Wildman–Crippen LogP) is 4.17. The largest absolute Gasteiger partial charge is 0.508 e. The van der Waals surface area contributed by atoms with E-state index in [-0.39, 0.29) is 0 Å². The van der Waals surface area contributed by atoms with Crippen LogP contribution in [0.4, 0.5) is 0 Å². The van der Waals surface area contributed by atoms with Crippen LogP contribution in [0, 0.1) is 5.92 Å². The first-order valence-electron chi connectivity index (χ1n) is 7.60. The SMILES string of the molecule is CC1CCCN(Cc2c(O)ccc3ccccc23)C1C. The van der Waals surface area contributed by atoms with Gasteiger partial charge in [-0.1, -0.05) is 37.3 Å². The molecule has 0 aliphatic carbocycles. The van der Waals surface area contributed by atoms with Crippen LogP contribution in [0.3, 0.4) is 0 Å². The number of aromatic hydroxyl groups is 1. The molecule has 2 unspecified atom stereocenters. The van der Waals surface area contributed by atoms with Crippen LogP contribution in [-0.2, 0) is 6.54 Å². The lowest BCUT2D eigenvalue weighted by Crippen LogP contribution is -2.41. The van der Waals surface area contributed by atoms with Crippen LogP contribution in [0.15, 0.2) is 36.4 Å². The van der Waals surface area contributed by atoms with E-state index < -0.39 is 0 Å². The second-order valence-electron chi connectivity index (χ2n) is 6.11. The molecule has 1 aliphatic rings. The summed E-state index contributed by atoms with van der Waals surface area (Å²) >= 11 is 0. The fourth-order valence-electron chi connectivity index (χ4n) is 3.34. The Morgan fingerprint density at radius 1 is 1.15 bits per heavy atom. The minimum absolute atomic E-state index is 0.425. The molecule has 3 rings (SSSR count). The second-order valence-corrected chi connectivity index (χ2v) is 6.11. The molecule has 2 aromatic carbocycles. The number of fused-ring (bicyclic) bond motifs is 1. The van der Waals surface area contributed by atoms with Gasteiger partial charge in [-0.25, -0.2) is 0 Å². The Labute approximate surface area is 121 Å². The van der Waals surface area contributed by atoms with Gasteiger partial charge >= 0.3 is 0 Å². The Bertz CT molecular complexity index is 607. The number of hydrogen-bond donors (Lipinski definition) is 1. The number of rotatable bonds is 2. The molecule has 1 fully saturated rings. The molecule has 106 valence electrons. The van der Waals surface area contributed by atoms with Gasteiger partial charge in [-0.2, -0.15) is 0 Å². The highest BCUT2D eigenvalue weighted by atomic mass is 16.3. The Hall–Kier alpha value is -1.54. The van der Waals surface area contributed by atoms with Crippen molar-refractivity contribution in [1.82, 2.24) is 4.90 Å². The molecule has 1 saturated heterocycles. The van der Waals surface area contributed by atoms with E-state index in [0.29, 0.717) is 11.8 Å². The van der Waals surface area contributed by atoms with Crippen LogP contribution in [0.5, 0.6) is 5.75 Å². The standard InChI is InChI=1S/C18H23NO/c1-13-6-5-11-19(14(13)2)12-17-16-8-4-3-7-15(16)9-10-18(17)20/h3-4,7-10,13-14,20H,5-6,11-12H2,1-2H3. The Morgan fingerprint density at radius 2 is 1.95 bits per heavy atom. The van der Waals surface area contributed by atoms with Gasteiger partial charge in [0.15, 0.2) is 0 Å². The van der Waals surface area contributed by atoms with Gasteiger partial charge in [-0.05, 0) is 49.1 Å². The number of nitrogens with zero attached hydrogens (tertiary/aromatic N) is 1. The van der Waals surface area contributed by atoms with E-state index in [2.05, 4.69) is 36.9 Å². The van der Waals surface area contributed by atoms with Gasteiger partial charge in [0.1, 0.15) is 5.75 Å². The number of piperidine rings is 1. The quantitative estimate of drug-likeness (QED) is 0.884. The molecule has 2 heteroatoms. The molecule has 0 aromatic heterocycles. The van der Waals surface area contributed by atoms with Crippen molar-refractivity contribution < 1.29 is 5.11 Å². The number of phenols is 1. The molecule has 0 saturated carbocycles. The normalized spacial score (nSPS) is 24.1. The highest BCUT2D eigenvalue weighted by Gasteiger charge is 2.25. The molecule has 20 heavy (non-hydrogen) atoms. The summed E-state index contributed by atoms with van der Waals surface area (Å²) in [6.07, 6.45) is 2.58. The summed E-state index contributed by atoms with van der Waals surface area (Å²) < 4.78 is 0. The molecule has 2 nitrogen and oxygen atoms in total. The van der Waals surface area contributed by atoms with Crippen molar-refractivity contribution in [1.29, 1.82) is 0 Å². The lowest BCUT2D eigenvalue weighted by atomic mass is 9.91. The summed E-state index contributed by atoms with van der Waals surface area (Å²) in [5, 5.41) is 12.6. The number of likely N-dealkylation sites (tertiary alicyclic amines) is 1. The van der Waals surface area contributed by atoms with Gasteiger partial charge in [0.05, 0.1) is 0 Å². The van der Waals surface area contributed by atoms with Gasteiger partial charge in [0, 0.05) is 18.2 Å². The summed E-state index contributed by atoms with van der Waals surface area (Å²) in [5.41, 5.74) is 1.07. The molecule has 0 amide bonds. The minimum Gasteiger partial charge on any atom is -0.508 e. The molecule has 0 spiro atoms. The maximum absolute atomic E-state index is 10.3. The van der Waals surface area contributed by atoms with Gasteiger partial charge in [0.25, 0.3) is 0 Å². The van der Waals surface area contributed by atoms with E-state index in [1.54, 1.807) is 0 Å². The second kappa shape index (κ2) is 5.45. The Morgan fingerprint density at radius 3 is 2.80 bits per heavy atom. The van der Waals surface area contributed by atoms with Crippen LogP contribution >= 0.6 is 0 Å². The van der Waals surface area contributed by atoms with Crippen LogP contribution in [0.1, 0.15) is 32.3 Å². The summed E-state index contributed by atoms with van der Waals surface area (Å²) in [6.45, 7) is 6.62. The van der Waals surface area contributed by atoms with Crippen LogP contribution in [0.25, 0.3) is 10.8 Å². The molecule has 0 radical (unpaired) electrons. The lowest BCUT2D eigenvalue weighted by Gasteiger charge is -2.38. The third-order valence-electron chi connectivity index (χ3n) is 4.88. The number of phenolic OH excluding ortho intramolecular Hbond substituents is 1. The van der Waals surface area contributed by atoms with Gasteiger partial charge in [0.2, 0.25) is 0 Å². The zero-order valence-electron chi connectivity index (χ0n) is 12.3. The van der Waals surface area contributed by atoms with Crippen molar-refractivity contribution in [3.63, 3.8) is 0 Å². The topological polar surface area (TPSA) is 23.5 Å². The fraction of sp³-hybridized carbons (Fsp3) is 0.444. The molecule has 1 heterocycles. The predicted molar refractivity (Wildman–Crippen MR) is 83.9 cm³/mol. The van der Waals surface area contributed by atoms with Crippen molar-refractivity contribution >= 4 is 10.8 Å². The maximum atomic E-state index is 10.3. The van der Waals surface area contributed by atoms with Crippen molar-refractivity contribution in [3.8, 4) is 5.75 Å². The first-order valence-corrected chi connectivity index (χ1v) is 7.60. The molecule has 1 N–H and O–H groups in total. The fourth-order valence-corrected chi connectivity index (χ4v) is 3.34. The lowest BCUT2D eigenvalue weighted by molar-refractivity contribution is 0.106. The van der Waals surface area contributed by atoms with Gasteiger partial charge < -0.3 is 5.11 Å². The van der Waals surface area contributed by atoms with Crippen LogP contribution in [-0.4, -0.2) is 22.6 Å². The third kappa shape index (κ3) is 2.40. The minimum atomic E-state index is 0.425. The monoisotopic (exact) mass is 269 g/mol. The van der Waals surface area contributed by atoms with Crippen molar-refractivity contribution in [2.24, 2.45) is 5.92 Å². The van der Waals surface area contributed by atoms with E-state index in [4.69, 9.17) is 0 Å². The van der Waals surface area contributed by atoms with Crippen molar-refractivity contribution in [2.45, 2.75) is 39.3 Å². The molecular formula is C18H23NO. The van der Waals surface area contributed by atoms with Crippen LogP contribution < -0.4 is 0 Å². The molecule has 2 aromatic rings. The van der Waals surface area contributed by atoms with E-state index in [1.165, 1.54) is 23.6 Å². The molecule has 0 bridgehead atoms. The first-order chi connectivity index (χ1) is 9.66. The highest BCUT2D eigenvalue weighted by Crippen LogP contribution is 2.31. The van der Waals surface area contributed by atoms with E-state index in [9.17, 15) is 5.11 Å². The highest BCUT2D eigenvalue weighted by molar-refractivity contribution is 5.87. The van der Waals surface area contributed by atoms with E-state index in [1.807, 2.05) is 18.2 Å². The molecule has 2 atom stereocenters. The average Bonchev–Trinajstić information content (AvgIpc) is 2.46. The zero-order valence-corrected chi connectivity index (χ0v) is 12.3. The van der Waals surface area contributed by atoms with Gasteiger partial charge in [-0.15, -0.1) is 0 Å². The molecule has 1 aliphatic heterocycles. The van der Waals surface area contributed by atoms with E-state index in [0.717, 1.165) is 24.6 Å². The van der Waals surface area contributed by atoms with Crippen molar-refractivity contribution in [3.05, 3.63) is 42.0 Å². The Balaban J connectivity index is 1.96. The van der Waals surface area contributed by atoms with Gasteiger partial charge in [-0.3, -0.25) is 4.90 Å². The number of hydrogen-bond acceptors (Lipinski definition) is 2. The number of benzene rings is 2. The van der Waals surface area contributed by atoms with E-state index >= 15 is 0 Å². The third-order valence-corrected chi connectivity index (χ3v) is 4.88. The molecular weight excluding hydrogens is 246 g/mol. The average molecular weight is 269 g/mol. The first kappa shape index (κ1) is 13.4. The summed E-state index contributed by atoms with van der Waals surface area (Å²) in [7, 11) is 0. The van der Waals surface area contributed by atoms with Crippen LogP contribution in [0.2, 0.25) is 0 Å². The summed E-state index contributed by atoms with van der Waals surface area (Å²) in [6, 6.07) is 12.7. The maximum Gasteiger partial charge on any atom is 0.120 e. The Kier molecular flexibility index (Phi) is 3.66. The summed E-state index contributed by atoms with van der Waals surface area (Å²) in [5.74, 6) is 1.16. The smallest absolute Gasteiger partial charge is 0.120 e. The zero-order chi connectivity index (χ0) is 14.1.